The number of aromatic nitrogens is 2. The number of nitrogens with zero attached hydrogens (tertiary/aromatic N) is 2. The molecule has 0 atom stereocenters. The summed E-state index contributed by atoms with van der Waals surface area (Å²) in [6.07, 6.45) is 0. The molecule has 3 rings (SSSR count). The molecule has 0 fully saturated rings. The van der Waals surface area contributed by atoms with E-state index in [0.29, 0.717) is 16.5 Å². The van der Waals surface area contributed by atoms with Gasteiger partial charge in [0.15, 0.2) is 10.9 Å². The van der Waals surface area contributed by atoms with Gasteiger partial charge in [0.05, 0.1) is 11.3 Å². The molecular weight excluding hydrogens is 306 g/mol. The maximum atomic E-state index is 12.2. The third-order valence-electron chi connectivity index (χ3n) is 3.36. The molecule has 23 heavy (non-hydrogen) atoms. The molecule has 1 N–H and O–H groups in total. The molecule has 5 heteroatoms. The first kappa shape index (κ1) is 15.5. The molecule has 0 bridgehead atoms. The third-order valence-corrected chi connectivity index (χ3v) is 4.20. The van der Waals surface area contributed by atoms with Gasteiger partial charge in [-0.2, -0.15) is 0 Å². The standard InChI is InChI=1S/C18H17N3OS/c1-2-19-17-14-10-6-7-11-15(14)20-18(21-17)23-12-16(22)13-8-4-3-5-9-13/h3-11H,2,12H2,1H3,(H,19,20,21). The van der Waals surface area contributed by atoms with E-state index < -0.39 is 0 Å². The van der Waals surface area contributed by atoms with Gasteiger partial charge in [-0.25, -0.2) is 9.97 Å². The molecule has 0 aliphatic heterocycles. The van der Waals surface area contributed by atoms with Crippen LogP contribution in [0.3, 0.4) is 0 Å². The normalized spacial score (nSPS) is 10.7. The number of thioether (sulfide) groups is 1. The summed E-state index contributed by atoms with van der Waals surface area (Å²) in [7, 11) is 0. The van der Waals surface area contributed by atoms with Gasteiger partial charge in [-0.05, 0) is 19.1 Å². The van der Waals surface area contributed by atoms with Gasteiger partial charge in [-0.3, -0.25) is 4.79 Å². The maximum Gasteiger partial charge on any atom is 0.190 e. The molecule has 0 spiro atoms. The van der Waals surface area contributed by atoms with Gasteiger partial charge in [-0.15, -0.1) is 0 Å². The van der Waals surface area contributed by atoms with E-state index in [1.54, 1.807) is 0 Å². The van der Waals surface area contributed by atoms with Crippen LogP contribution in [0.2, 0.25) is 0 Å². The number of anilines is 1. The fourth-order valence-corrected chi connectivity index (χ4v) is 3.01. The second kappa shape index (κ2) is 7.24. The van der Waals surface area contributed by atoms with Gasteiger partial charge < -0.3 is 5.32 Å². The molecule has 3 aromatic rings. The number of nitrogens with one attached hydrogen (secondary N) is 1. The smallest absolute Gasteiger partial charge is 0.190 e. The van der Waals surface area contributed by atoms with Crippen molar-refractivity contribution < 1.29 is 4.79 Å². The third kappa shape index (κ3) is 3.68. The molecule has 0 aliphatic carbocycles. The Hall–Kier alpha value is -2.40. The van der Waals surface area contributed by atoms with Crippen molar-refractivity contribution in [3.8, 4) is 0 Å². The minimum atomic E-state index is 0.0809. The Bertz CT molecular complexity index is 821. The van der Waals surface area contributed by atoms with E-state index in [2.05, 4.69) is 15.3 Å². The molecule has 116 valence electrons. The minimum absolute atomic E-state index is 0.0809. The van der Waals surface area contributed by atoms with Crippen molar-refractivity contribution in [1.82, 2.24) is 9.97 Å². The summed E-state index contributed by atoms with van der Waals surface area (Å²) < 4.78 is 0. The highest BCUT2D eigenvalue weighted by atomic mass is 32.2. The summed E-state index contributed by atoms with van der Waals surface area (Å²) in [5, 5.41) is 4.87. The highest BCUT2D eigenvalue weighted by Crippen LogP contribution is 2.24. The number of fused-ring (bicyclic) bond motifs is 1. The lowest BCUT2D eigenvalue weighted by atomic mass is 10.2. The Kier molecular flexibility index (Phi) is 4.88. The Labute approximate surface area is 139 Å². The fourth-order valence-electron chi connectivity index (χ4n) is 2.26. The van der Waals surface area contributed by atoms with Gasteiger partial charge in [-0.1, -0.05) is 54.2 Å². The van der Waals surface area contributed by atoms with Crippen LogP contribution in [-0.2, 0) is 0 Å². The maximum absolute atomic E-state index is 12.2. The van der Waals surface area contributed by atoms with E-state index in [-0.39, 0.29) is 5.78 Å². The van der Waals surface area contributed by atoms with Crippen molar-refractivity contribution in [3.63, 3.8) is 0 Å². The predicted octanol–water partition coefficient (Wildman–Crippen LogP) is 4.04. The zero-order chi connectivity index (χ0) is 16.1. The van der Waals surface area contributed by atoms with Crippen molar-refractivity contribution in [2.45, 2.75) is 12.1 Å². The molecule has 0 unspecified atom stereocenters. The summed E-state index contributed by atoms with van der Waals surface area (Å²) in [6, 6.07) is 17.2. The average Bonchev–Trinajstić information content (AvgIpc) is 2.61. The fraction of sp³-hybridized carbons (Fsp3) is 0.167. The Morgan fingerprint density at radius 2 is 1.78 bits per heavy atom. The molecule has 1 aromatic heterocycles. The molecular formula is C18H17N3OS. The van der Waals surface area contributed by atoms with Crippen molar-refractivity contribution in [2.24, 2.45) is 0 Å². The van der Waals surface area contributed by atoms with Crippen molar-refractivity contribution in [3.05, 3.63) is 60.2 Å². The lowest BCUT2D eigenvalue weighted by Crippen LogP contribution is -2.05. The quantitative estimate of drug-likeness (QED) is 0.421. The molecule has 0 saturated carbocycles. The lowest BCUT2D eigenvalue weighted by Gasteiger charge is -2.09. The zero-order valence-electron chi connectivity index (χ0n) is 12.8. The second-order valence-electron chi connectivity index (χ2n) is 4.98. The number of rotatable bonds is 6. The van der Waals surface area contributed by atoms with Gasteiger partial charge in [0.25, 0.3) is 0 Å². The van der Waals surface area contributed by atoms with Crippen molar-refractivity contribution in [1.29, 1.82) is 0 Å². The number of hydrogen-bond donors (Lipinski definition) is 1. The highest BCUT2D eigenvalue weighted by molar-refractivity contribution is 7.99. The number of ketones is 1. The summed E-state index contributed by atoms with van der Waals surface area (Å²) in [5.74, 6) is 1.22. The summed E-state index contributed by atoms with van der Waals surface area (Å²) in [4.78, 5) is 21.3. The van der Waals surface area contributed by atoms with Gasteiger partial charge >= 0.3 is 0 Å². The molecule has 4 nitrogen and oxygen atoms in total. The van der Waals surface area contributed by atoms with Crippen LogP contribution in [0.25, 0.3) is 10.9 Å². The first-order valence-electron chi connectivity index (χ1n) is 7.49. The first-order chi connectivity index (χ1) is 11.3. The van der Waals surface area contributed by atoms with Crippen molar-refractivity contribution >= 4 is 34.3 Å². The molecule has 0 amide bonds. The topological polar surface area (TPSA) is 54.9 Å². The van der Waals surface area contributed by atoms with Crippen LogP contribution in [0, 0.1) is 0 Å². The van der Waals surface area contributed by atoms with E-state index in [0.717, 1.165) is 23.3 Å². The van der Waals surface area contributed by atoms with Gasteiger partial charge in [0.1, 0.15) is 5.82 Å². The lowest BCUT2D eigenvalue weighted by molar-refractivity contribution is 0.102. The number of para-hydroxylation sites is 1. The monoisotopic (exact) mass is 323 g/mol. The molecule has 0 saturated heterocycles. The first-order valence-corrected chi connectivity index (χ1v) is 8.48. The van der Waals surface area contributed by atoms with Crippen LogP contribution in [0.4, 0.5) is 5.82 Å². The number of carbonyl (C=O) groups excluding carboxylic acids is 1. The molecule has 0 aliphatic rings. The zero-order valence-corrected chi connectivity index (χ0v) is 13.6. The Morgan fingerprint density at radius 1 is 1.04 bits per heavy atom. The number of Topliss-reactive ketones (excluding diaryl/α,β-unsaturated/α-hetero) is 1. The van der Waals surface area contributed by atoms with Crippen LogP contribution in [0.1, 0.15) is 17.3 Å². The highest BCUT2D eigenvalue weighted by Gasteiger charge is 2.10. The molecule has 2 aromatic carbocycles. The largest absolute Gasteiger partial charge is 0.370 e. The van der Waals surface area contributed by atoms with Crippen LogP contribution >= 0.6 is 11.8 Å². The van der Waals surface area contributed by atoms with Crippen LogP contribution in [0.15, 0.2) is 59.8 Å². The number of benzene rings is 2. The van der Waals surface area contributed by atoms with Crippen molar-refractivity contribution in [2.75, 3.05) is 17.6 Å². The van der Waals surface area contributed by atoms with E-state index >= 15 is 0 Å². The average molecular weight is 323 g/mol. The SMILES string of the molecule is CCNc1nc(SCC(=O)c2ccccc2)nc2ccccc12. The van der Waals surface area contributed by atoms with E-state index in [1.165, 1.54) is 11.8 Å². The number of carbonyl (C=O) groups is 1. The van der Waals surface area contributed by atoms with E-state index in [4.69, 9.17) is 0 Å². The van der Waals surface area contributed by atoms with E-state index in [1.807, 2.05) is 61.5 Å². The van der Waals surface area contributed by atoms with E-state index in [9.17, 15) is 4.79 Å². The molecule has 0 radical (unpaired) electrons. The molecule has 1 heterocycles. The van der Waals surface area contributed by atoms with Crippen LogP contribution in [-0.4, -0.2) is 28.0 Å². The summed E-state index contributed by atoms with van der Waals surface area (Å²) in [5.41, 5.74) is 1.60. The second-order valence-corrected chi connectivity index (χ2v) is 5.92. The minimum Gasteiger partial charge on any atom is -0.370 e. The Morgan fingerprint density at radius 3 is 2.57 bits per heavy atom. The summed E-state index contributed by atoms with van der Waals surface area (Å²) >= 11 is 1.37. The number of hydrogen-bond acceptors (Lipinski definition) is 5. The van der Waals surface area contributed by atoms with Gasteiger partial charge in [0.2, 0.25) is 0 Å². The van der Waals surface area contributed by atoms with Crippen LogP contribution in [0.5, 0.6) is 0 Å². The summed E-state index contributed by atoms with van der Waals surface area (Å²) in [6.45, 7) is 2.82. The van der Waals surface area contributed by atoms with Crippen LogP contribution < -0.4 is 5.32 Å². The van der Waals surface area contributed by atoms with Gasteiger partial charge in [0, 0.05) is 17.5 Å². The predicted molar refractivity (Wildman–Crippen MR) is 95.2 cm³/mol. The Balaban J connectivity index is 1.81.